The first-order chi connectivity index (χ1) is 7.24. The van der Waals surface area contributed by atoms with E-state index >= 15 is 0 Å². The minimum atomic E-state index is 0.263. The smallest absolute Gasteiger partial charge is 0.126 e. The molecule has 1 N–H and O–H groups in total. The Bertz CT molecular complexity index is 441. The average Bonchev–Trinajstić information content (AvgIpc) is 2.53. The zero-order valence-electron chi connectivity index (χ0n) is 8.46. The van der Waals surface area contributed by atoms with Crippen LogP contribution in [0.3, 0.4) is 0 Å². The van der Waals surface area contributed by atoms with Gasteiger partial charge in [0.05, 0.1) is 6.04 Å². The first-order valence-corrected chi connectivity index (χ1v) is 5.91. The lowest BCUT2D eigenvalue weighted by Gasteiger charge is -2.27. The monoisotopic (exact) mass is 265 g/mol. The zero-order chi connectivity index (χ0) is 10.4. The topological polar surface area (TPSA) is 21.3 Å². The van der Waals surface area contributed by atoms with Crippen LogP contribution in [0.4, 0.5) is 0 Å². The third-order valence-electron chi connectivity index (χ3n) is 3.04. The predicted octanol–water partition coefficient (Wildman–Crippen LogP) is 2.90. The molecule has 1 aliphatic carbocycles. The summed E-state index contributed by atoms with van der Waals surface area (Å²) in [5, 5.41) is 3.40. The molecule has 78 valence electrons. The molecule has 0 amide bonds. The summed E-state index contributed by atoms with van der Waals surface area (Å²) in [6, 6.07) is 6.79. The van der Waals surface area contributed by atoms with Crippen molar-refractivity contribution in [3.05, 3.63) is 45.8 Å². The number of hydrogen-bond donors (Lipinski definition) is 1. The van der Waals surface area contributed by atoms with Crippen LogP contribution in [0, 0.1) is 0 Å². The minimum Gasteiger partial charge on any atom is -0.491 e. The Morgan fingerprint density at radius 1 is 1.47 bits per heavy atom. The van der Waals surface area contributed by atoms with E-state index in [2.05, 4.69) is 39.4 Å². The molecule has 3 rings (SSSR count). The van der Waals surface area contributed by atoms with E-state index in [0.717, 1.165) is 16.7 Å². The molecule has 1 aromatic rings. The first kappa shape index (κ1) is 9.28. The van der Waals surface area contributed by atoms with E-state index in [1.54, 1.807) is 0 Å². The quantitative estimate of drug-likeness (QED) is 0.779. The van der Waals surface area contributed by atoms with E-state index in [0.29, 0.717) is 6.04 Å². The summed E-state index contributed by atoms with van der Waals surface area (Å²) in [5.74, 6) is 0.975. The molecule has 0 aromatic heterocycles. The molecular formula is C12H12BrNO. The fourth-order valence-corrected chi connectivity index (χ4v) is 2.78. The summed E-state index contributed by atoms with van der Waals surface area (Å²) in [4.78, 5) is 0. The number of rotatable bonds is 0. The van der Waals surface area contributed by atoms with Crippen LogP contribution in [0.1, 0.15) is 24.1 Å². The maximum absolute atomic E-state index is 5.82. The Morgan fingerprint density at radius 3 is 3.20 bits per heavy atom. The van der Waals surface area contributed by atoms with Crippen LogP contribution in [-0.2, 0) is 11.2 Å². The summed E-state index contributed by atoms with van der Waals surface area (Å²) in [7, 11) is 0. The molecule has 0 spiro atoms. The molecule has 0 radical (unpaired) electrons. The maximum atomic E-state index is 5.82. The summed E-state index contributed by atoms with van der Waals surface area (Å²) in [6.45, 7) is 1.99. The fourth-order valence-electron chi connectivity index (χ4n) is 2.38. The molecule has 15 heavy (non-hydrogen) atoms. The second kappa shape index (κ2) is 3.27. The fraction of sp³-hybridized carbons (Fsp3) is 0.333. The van der Waals surface area contributed by atoms with Gasteiger partial charge in [0.1, 0.15) is 11.9 Å². The molecule has 0 saturated heterocycles. The van der Waals surface area contributed by atoms with Gasteiger partial charge in [-0.15, -0.1) is 0 Å². The van der Waals surface area contributed by atoms with Crippen LogP contribution in [0.5, 0.6) is 0 Å². The lowest BCUT2D eigenvalue weighted by atomic mass is 10.1. The number of ether oxygens (including phenoxy) is 1. The highest BCUT2D eigenvalue weighted by Crippen LogP contribution is 2.37. The molecule has 1 aromatic carbocycles. The molecule has 1 heterocycles. The summed E-state index contributed by atoms with van der Waals surface area (Å²) in [6.07, 6.45) is 3.22. The van der Waals surface area contributed by atoms with Gasteiger partial charge in [-0.25, -0.2) is 0 Å². The van der Waals surface area contributed by atoms with E-state index in [4.69, 9.17) is 4.74 Å². The molecule has 2 atom stereocenters. The van der Waals surface area contributed by atoms with Crippen LogP contribution in [0.25, 0.3) is 0 Å². The van der Waals surface area contributed by atoms with Crippen molar-refractivity contribution in [1.82, 2.24) is 5.32 Å². The Balaban J connectivity index is 2.00. The van der Waals surface area contributed by atoms with Crippen LogP contribution in [0.2, 0.25) is 0 Å². The highest BCUT2D eigenvalue weighted by atomic mass is 79.9. The van der Waals surface area contributed by atoms with Gasteiger partial charge in [0.25, 0.3) is 0 Å². The third-order valence-corrected chi connectivity index (χ3v) is 3.53. The molecule has 2 aliphatic rings. The Labute approximate surface area is 97.5 Å². The largest absolute Gasteiger partial charge is 0.491 e. The predicted molar refractivity (Wildman–Crippen MR) is 62.4 cm³/mol. The Kier molecular flexibility index (Phi) is 2.02. The van der Waals surface area contributed by atoms with Crippen molar-refractivity contribution in [1.29, 1.82) is 0 Å². The molecule has 1 aliphatic heterocycles. The number of nitrogens with one attached hydrogen (secondary N) is 1. The van der Waals surface area contributed by atoms with Gasteiger partial charge in [-0.1, -0.05) is 22.0 Å². The summed E-state index contributed by atoms with van der Waals surface area (Å²) < 4.78 is 6.96. The van der Waals surface area contributed by atoms with Gasteiger partial charge < -0.3 is 10.1 Å². The lowest BCUT2D eigenvalue weighted by molar-refractivity contribution is 0.0792. The molecule has 0 fully saturated rings. The van der Waals surface area contributed by atoms with Crippen molar-refractivity contribution in [2.75, 3.05) is 0 Å². The molecular weight excluding hydrogens is 254 g/mol. The number of benzene rings is 1. The second-order valence-electron chi connectivity index (χ2n) is 4.10. The van der Waals surface area contributed by atoms with Crippen molar-refractivity contribution in [2.24, 2.45) is 0 Å². The second-order valence-corrected chi connectivity index (χ2v) is 5.02. The zero-order valence-corrected chi connectivity index (χ0v) is 10.0. The van der Waals surface area contributed by atoms with Crippen LogP contribution in [0.15, 0.2) is 34.6 Å². The highest BCUT2D eigenvalue weighted by Gasteiger charge is 2.35. The third kappa shape index (κ3) is 1.46. The highest BCUT2D eigenvalue weighted by molar-refractivity contribution is 9.10. The molecule has 0 unspecified atom stereocenters. The van der Waals surface area contributed by atoms with Crippen molar-refractivity contribution >= 4 is 15.9 Å². The lowest BCUT2D eigenvalue weighted by Crippen LogP contribution is -2.31. The number of halogens is 1. The summed E-state index contributed by atoms with van der Waals surface area (Å²) >= 11 is 3.50. The van der Waals surface area contributed by atoms with E-state index < -0.39 is 0 Å². The van der Waals surface area contributed by atoms with Crippen molar-refractivity contribution < 1.29 is 4.74 Å². The summed E-state index contributed by atoms with van der Waals surface area (Å²) in [5.41, 5.74) is 2.75. The molecule has 2 nitrogen and oxygen atoms in total. The van der Waals surface area contributed by atoms with Crippen LogP contribution in [-0.4, -0.2) is 6.10 Å². The van der Waals surface area contributed by atoms with E-state index in [1.165, 1.54) is 11.1 Å². The Morgan fingerprint density at radius 2 is 2.33 bits per heavy atom. The van der Waals surface area contributed by atoms with Gasteiger partial charge in [-0.2, -0.15) is 0 Å². The Hall–Kier alpha value is -0.960. The average molecular weight is 266 g/mol. The number of allylic oxidation sites excluding steroid dienone is 1. The standard InChI is InChI=1S/C12H12BrNO/c1-7-6-14-12-10-3-2-9(13)4-8(10)5-11(12)15-7/h2-4,6,11-12,14H,5H2,1H3/t11-,12+/m1/s1. The minimum absolute atomic E-state index is 0.263. The molecule has 0 bridgehead atoms. The number of hydrogen-bond acceptors (Lipinski definition) is 2. The van der Waals surface area contributed by atoms with Crippen molar-refractivity contribution in [2.45, 2.75) is 25.5 Å². The van der Waals surface area contributed by atoms with E-state index in [9.17, 15) is 0 Å². The van der Waals surface area contributed by atoms with Gasteiger partial charge in [0, 0.05) is 17.1 Å². The van der Waals surface area contributed by atoms with E-state index in [-0.39, 0.29) is 6.10 Å². The van der Waals surface area contributed by atoms with Crippen LogP contribution < -0.4 is 5.32 Å². The van der Waals surface area contributed by atoms with Crippen molar-refractivity contribution in [3.63, 3.8) is 0 Å². The first-order valence-electron chi connectivity index (χ1n) is 5.12. The number of fused-ring (bicyclic) bond motifs is 3. The van der Waals surface area contributed by atoms with Gasteiger partial charge in [0.15, 0.2) is 0 Å². The van der Waals surface area contributed by atoms with Gasteiger partial charge in [-0.05, 0) is 30.2 Å². The van der Waals surface area contributed by atoms with E-state index in [1.807, 2.05) is 13.1 Å². The molecule has 0 saturated carbocycles. The molecule has 3 heteroatoms. The van der Waals surface area contributed by atoms with Gasteiger partial charge in [0.2, 0.25) is 0 Å². The van der Waals surface area contributed by atoms with Crippen LogP contribution >= 0.6 is 15.9 Å². The maximum Gasteiger partial charge on any atom is 0.126 e. The normalized spacial score (nSPS) is 27.2. The van der Waals surface area contributed by atoms with Gasteiger partial charge in [-0.3, -0.25) is 0 Å². The van der Waals surface area contributed by atoms with Crippen molar-refractivity contribution in [3.8, 4) is 0 Å². The SMILES string of the molecule is CC1=CN[C@H]2c3ccc(Br)cc3C[C@H]2O1. The van der Waals surface area contributed by atoms with Gasteiger partial charge >= 0.3 is 0 Å².